The molecule has 3 rings (SSSR count). The Kier molecular flexibility index (Phi) is 3.61. The topological polar surface area (TPSA) is 63.4 Å². The van der Waals surface area contributed by atoms with E-state index in [1.54, 1.807) is 26.3 Å². The van der Waals surface area contributed by atoms with Crippen LogP contribution in [0.4, 0.5) is 5.69 Å². The van der Waals surface area contributed by atoms with Crippen molar-refractivity contribution >= 4 is 23.3 Å². The van der Waals surface area contributed by atoms with Gasteiger partial charge in [-0.3, -0.25) is 0 Å². The van der Waals surface area contributed by atoms with Crippen LogP contribution in [0.3, 0.4) is 0 Å². The third-order valence-electron chi connectivity index (χ3n) is 3.44. The number of hydrogen-bond donors (Lipinski definition) is 2. The first kappa shape index (κ1) is 14.0. The molecule has 1 aliphatic heterocycles. The number of aromatic nitrogens is 1. The van der Waals surface area contributed by atoms with Crippen molar-refractivity contribution in [3.63, 3.8) is 0 Å². The van der Waals surface area contributed by atoms with Crippen LogP contribution in [0.25, 0.3) is 11.1 Å². The number of benzene rings is 1. The van der Waals surface area contributed by atoms with Crippen molar-refractivity contribution in [3.05, 3.63) is 40.7 Å². The molecule has 0 bridgehead atoms. The maximum absolute atomic E-state index is 12.1. The number of halogens is 1. The van der Waals surface area contributed by atoms with Crippen LogP contribution in [-0.4, -0.2) is 24.7 Å². The Morgan fingerprint density at radius 1 is 1.43 bits per heavy atom. The summed E-state index contributed by atoms with van der Waals surface area (Å²) in [5.41, 5.74) is 3.82. The van der Waals surface area contributed by atoms with Gasteiger partial charge in [-0.05, 0) is 19.1 Å². The number of fused-ring (bicyclic) bond motifs is 3. The minimum absolute atomic E-state index is 0.332. The number of rotatable bonds is 3. The van der Waals surface area contributed by atoms with Gasteiger partial charge >= 0.3 is 5.97 Å². The molecule has 5 nitrogen and oxygen atoms in total. The Labute approximate surface area is 127 Å². The molecule has 1 unspecified atom stereocenters. The predicted molar refractivity (Wildman–Crippen MR) is 80.6 cm³/mol. The molecule has 1 atom stereocenters. The van der Waals surface area contributed by atoms with E-state index in [9.17, 15) is 4.79 Å². The van der Waals surface area contributed by atoms with Gasteiger partial charge in [0, 0.05) is 35.1 Å². The van der Waals surface area contributed by atoms with Crippen molar-refractivity contribution in [2.24, 2.45) is 0 Å². The van der Waals surface area contributed by atoms with Gasteiger partial charge in [0.25, 0.3) is 0 Å². The summed E-state index contributed by atoms with van der Waals surface area (Å²) in [6.07, 6.45) is 1.29. The maximum Gasteiger partial charge on any atom is 0.340 e. The molecule has 0 saturated heterocycles. The van der Waals surface area contributed by atoms with Crippen LogP contribution in [0.15, 0.2) is 24.4 Å². The largest absolute Gasteiger partial charge is 0.462 e. The molecule has 21 heavy (non-hydrogen) atoms. The molecule has 2 heterocycles. The van der Waals surface area contributed by atoms with Gasteiger partial charge in [-0.25, -0.2) is 4.79 Å². The fourth-order valence-electron chi connectivity index (χ4n) is 2.55. The van der Waals surface area contributed by atoms with Gasteiger partial charge in [-0.2, -0.15) is 0 Å². The van der Waals surface area contributed by atoms with Crippen molar-refractivity contribution < 1.29 is 14.3 Å². The standard InChI is InChI=1S/C15H15ClN2O3/c1-3-21-15(19)10-7-17-13-12(10)9-5-4-8(16)6-11(9)18-14(13)20-2/h4-7,14,17-18H,3H2,1-2H3. The molecular weight excluding hydrogens is 292 g/mol. The molecule has 6 heteroatoms. The molecule has 2 N–H and O–H groups in total. The van der Waals surface area contributed by atoms with E-state index < -0.39 is 0 Å². The molecule has 1 aliphatic rings. The number of aromatic amines is 1. The number of esters is 1. The normalized spacial score (nSPS) is 15.9. The minimum Gasteiger partial charge on any atom is -0.462 e. The van der Waals surface area contributed by atoms with Crippen molar-refractivity contribution in [1.29, 1.82) is 0 Å². The third kappa shape index (κ3) is 2.28. The predicted octanol–water partition coefficient (Wildman–Crippen LogP) is 3.58. The van der Waals surface area contributed by atoms with Gasteiger partial charge in [0.05, 0.1) is 17.9 Å². The number of carbonyl (C=O) groups excluding carboxylic acids is 1. The van der Waals surface area contributed by atoms with Crippen LogP contribution in [0, 0.1) is 0 Å². The second-order valence-electron chi connectivity index (χ2n) is 4.66. The lowest BCUT2D eigenvalue weighted by atomic mass is 9.96. The Bertz CT molecular complexity index is 696. The van der Waals surface area contributed by atoms with E-state index in [4.69, 9.17) is 21.1 Å². The number of H-pyrrole nitrogens is 1. The van der Waals surface area contributed by atoms with E-state index in [0.717, 1.165) is 22.5 Å². The molecule has 0 radical (unpaired) electrons. The number of anilines is 1. The van der Waals surface area contributed by atoms with Gasteiger partial charge in [-0.15, -0.1) is 0 Å². The van der Waals surface area contributed by atoms with Gasteiger partial charge < -0.3 is 19.8 Å². The Morgan fingerprint density at radius 2 is 2.24 bits per heavy atom. The summed E-state index contributed by atoms with van der Waals surface area (Å²) in [4.78, 5) is 15.2. The summed E-state index contributed by atoms with van der Waals surface area (Å²) < 4.78 is 10.5. The molecular formula is C15H15ClN2O3. The van der Waals surface area contributed by atoms with E-state index in [2.05, 4.69) is 10.3 Å². The number of methoxy groups -OCH3 is 1. The quantitative estimate of drug-likeness (QED) is 0.851. The highest BCUT2D eigenvalue weighted by Crippen LogP contribution is 2.43. The SMILES string of the molecule is CCOC(=O)c1c[nH]c2c1-c1ccc(Cl)cc1NC2OC. The second kappa shape index (κ2) is 5.42. The lowest BCUT2D eigenvalue weighted by Crippen LogP contribution is -2.19. The van der Waals surface area contributed by atoms with Crippen molar-refractivity contribution in [2.75, 3.05) is 19.0 Å². The zero-order valence-corrected chi connectivity index (χ0v) is 12.5. The summed E-state index contributed by atoms with van der Waals surface area (Å²) >= 11 is 6.04. The first-order valence-corrected chi connectivity index (χ1v) is 7.01. The lowest BCUT2D eigenvalue weighted by molar-refractivity contribution is 0.0527. The fourth-order valence-corrected chi connectivity index (χ4v) is 2.72. The van der Waals surface area contributed by atoms with Crippen LogP contribution in [-0.2, 0) is 9.47 Å². The first-order chi connectivity index (χ1) is 10.2. The summed E-state index contributed by atoms with van der Waals surface area (Å²) in [5, 5.41) is 3.86. The minimum atomic E-state index is -0.367. The summed E-state index contributed by atoms with van der Waals surface area (Å²) in [6.45, 7) is 2.11. The van der Waals surface area contributed by atoms with Gasteiger partial charge in [0.2, 0.25) is 0 Å². The van der Waals surface area contributed by atoms with Crippen molar-refractivity contribution in [3.8, 4) is 11.1 Å². The van der Waals surface area contributed by atoms with Crippen LogP contribution in [0.5, 0.6) is 0 Å². The Morgan fingerprint density at radius 3 is 2.95 bits per heavy atom. The van der Waals surface area contributed by atoms with Gasteiger partial charge in [0.15, 0.2) is 6.23 Å². The summed E-state index contributed by atoms with van der Waals surface area (Å²) in [5.74, 6) is -0.354. The second-order valence-corrected chi connectivity index (χ2v) is 5.10. The van der Waals surface area contributed by atoms with Gasteiger partial charge in [-0.1, -0.05) is 17.7 Å². The van der Waals surface area contributed by atoms with Crippen molar-refractivity contribution in [2.45, 2.75) is 13.2 Å². The molecule has 1 aromatic heterocycles. The smallest absolute Gasteiger partial charge is 0.340 e. The number of nitrogens with one attached hydrogen (secondary N) is 2. The van der Waals surface area contributed by atoms with E-state index in [1.165, 1.54) is 0 Å². The molecule has 0 aliphatic carbocycles. The zero-order chi connectivity index (χ0) is 15.0. The number of ether oxygens (including phenoxy) is 2. The number of carbonyl (C=O) groups is 1. The van der Waals surface area contributed by atoms with E-state index in [0.29, 0.717) is 17.2 Å². The number of hydrogen-bond acceptors (Lipinski definition) is 4. The first-order valence-electron chi connectivity index (χ1n) is 6.63. The highest BCUT2D eigenvalue weighted by Gasteiger charge is 2.30. The van der Waals surface area contributed by atoms with E-state index >= 15 is 0 Å². The van der Waals surface area contributed by atoms with Crippen LogP contribution in [0.1, 0.15) is 29.2 Å². The van der Waals surface area contributed by atoms with E-state index in [-0.39, 0.29) is 12.2 Å². The molecule has 0 saturated carbocycles. The van der Waals surface area contributed by atoms with Crippen LogP contribution in [0.2, 0.25) is 5.02 Å². The zero-order valence-electron chi connectivity index (χ0n) is 11.7. The molecule has 0 fully saturated rings. The van der Waals surface area contributed by atoms with E-state index in [1.807, 2.05) is 12.1 Å². The fraction of sp³-hybridized carbons (Fsp3) is 0.267. The molecule has 110 valence electrons. The lowest BCUT2D eigenvalue weighted by Gasteiger charge is -2.26. The van der Waals surface area contributed by atoms with Crippen LogP contribution < -0.4 is 5.32 Å². The summed E-state index contributed by atoms with van der Waals surface area (Å²) in [6, 6.07) is 5.49. The van der Waals surface area contributed by atoms with Crippen LogP contribution >= 0.6 is 11.6 Å². The van der Waals surface area contributed by atoms with Gasteiger partial charge in [0.1, 0.15) is 0 Å². The molecule has 2 aromatic rings. The maximum atomic E-state index is 12.1. The molecule has 0 amide bonds. The Hall–Kier alpha value is -1.98. The highest BCUT2D eigenvalue weighted by atomic mass is 35.5. The third-order valence-corrected chi connectivity index (χ3v) is 3.68. The highest BCUT2D eigenvalue weighted by molar-refractivity contribution is 6.31. The van der Waals surface area contributed by atoms with Crippen molar-refractivity contribution in [1.82, 2.24) is 4.98 Å². The average Bonchev–Trinajstić information content (AvgIpc) is 2.91. The summed E-state index contributed by atoms with van der Waals surface area (Å²) in [7, 11) is 1.60. The monoisotopic (exact) mass is 306 g/mol. The Balaban J connectivity index is 2.18. The molecule has 1 aromatic carbocycles. The molecule has 0 spiro atoms. The average molecular weight is 307 g/mol.